The van der Waals surface area contributed by atoms with E-state index in [1.807, 2.05) is 13.0 Å². The maximum absolute atomic E-state index is 13.3. The van der Waals surface area contributed by atoms with Crippen LogP contribution in [0, 0.1) is 6.92 Å². The molecule has 0 aliphatic heterocycles. The topological polar surface area (TPSA) is 130 Å². The van der Waals surface area contributed by atoms with Crippen LogP contribution in [0.25, 0.3) is 11.4 Å². The van der Waals surface area contributed by atoms with Crippen LogP contribution >= 0.6 is 0 Å². The van der Waals surface area contributed by atoms with Gasteiger partial charge in [-0.15, -0.1) is 0 Å². The number of carbonyl (C=O) groups excluding carboxylic acids is 3. The van der Waals surface area contributed by atoms with Gasteiger partial charge in [0.25, 0.3) is 11.8 Å². The Hall–Kier alpha value is -3.94. The second-order valence-electron chi connectivity index (χ2n) is 9.49. The Balaban J connectivity index is 1.38. The third-order valence-electron chi connectivity index (χ3n) is 6.70. The fraction of sp³-hybridized carbons (Fsp3) is 0.333. The normalized spacial score (nSPS) is 15.7. The van der Waals surface area contributed by atoms with Gasteiger partial charge in [-0.05, 0) is 62.4 Å². The number of aryl methyl sites for hydroxylation is 1. The van der Waals surface area contributed by atoms with Crippen LogP contribution in [0.15, 0.2) is 42.5 Å². The van der Waals surface area contributed by atoms with Crippen molar-refractivity contribution in [3.8, 4) is 11.4 Å². The zero-order valence-corrected chi connectivity index (χ0v) is 19.7. The van der Waals surface area contributed by atoms with E-state index in [2.05, 4.69) is 20.6 Å². The molecule has 35 heavy (non-hydrogen) atoms. The number of ketones is 1. The van der Waals surface area contributed by atoms with Crippen LogP contribution in [-0.2, 0) is 0 Å². The van der Waals surface area contributed by atoms with Crippen LogP contribution in [-0.4, -0.2) is 39.6 Å². The molecule has 2 aliphatic carbocycles. The van der Waals surface area contributed by atoms with Crippen LogP contribution in [0.5, 0.6) is 0 Å². The molecule has 0 spiro atoms. The number of hydrogen-bond acceptors (Lipinski definition) is 5. The summed E-state index contributed by atoms with van der Waals surface area (Å²) in [7, 11) is 0. The predicted octanol–water partition coefficient (Wildman–Crippen LogP) is 3.76. The van der Waals surface area contributed by atoms with E-state index < -0.39 is 0 Å². The summed E-state index contributed by atoms with van der Waals surface area (Å²) in [5.41, 5.74) is 9.18. The van der Waals surface area contributed by atoms with Gasteiger partial charge < -0.3 is 21.4 Å². The molecule has 5 N–H and O–H groups in total. The number of aromatic amines is 1. The molecule has 2 aliphatic rings. The third-order valence-corrected chi connectivity index (χ3v) is 6.70. The molecule has 5 rings (SSSR count). The zero-order valence-electron chi connectivity index (χ0n) is 19.7. The highest BCUT2D eigenvalue weighted by atomic mass is 16.2. The van der Waals surface area contributed by atoms with Gasteiger partial charge in [-0.2, -0.15) is 0 Å². The van der Waals surface area contributed by atoms with Gasteiger partial charge in [0.15, 0.2) is 5.82 Å². The molecular formula is C27H29N5O3. The molecule has 8 nitrogen and oxygen atoms in total. The molecular weight excluding hydrogens is 442 g/mol. The number of benzene rings is 2. The average Bonchev–Trinajstić information content (AvgIpc) is 3.36. The molecule has 8 heteroatoms. The van der Waals surface area contributed by atoms with Crippen LogP contribution in [0.4, 0.5) is 5.82 Å². The highest BCUT2D eigenvalue weighted by Crippen LogP contribution is 2.27. The van der Waals surface area contributed by atoms with Crippen molar-refractivity contribution in [1.82, 2.24) is 20.6 Å². The lowest BCUT2D eigenvalue weighted by molar-refractivity contribution is 0.0933. The molecule has 1 heterocycles. The molecule has 3 aromatic rings. The van der Waals surface area contributed by atoms with Crippen molar-refractivity contribution in [3.05, 3.63) is 70.4 Å². The van der Waals surface area contributed by atoms with E-state index in [4.69, 9.17) is 5.73 Å². The number of nitrogens with zero attached hydrogens (tertiary/aromatic N) is 1. The van der Waals surface area contributed by atoms with Crippen molar-refractivity contribution < 1.29 is 14.4 Å². The van der Waals surface area contributed by atoms with E-state index in [0.717, 1.165) is 44.1 Å². The summed E-state index contributed by atoms with van der Waals surface area (Å²) < 4.78 is 0. The first-order valence-corrected chi connectivity index (χ1v) is 12.1. The number of rotatable bonds is 7. The van der Waals surface area contributed by atoms with Crippen LogP contribution < -0.4 is 16.4 Å². The smallest absolute Gasteiger partial charge is 0.251 e. The summed E-state index contributed by atoms with van der Waals surface area (Å²) in [5.74, 6) is -0.173. The highest BCUT2D eigenvalue weighted by molar-refractivity contribution is 6.12. The molecule has 1 aromatic heterocycles. The Labute approximate surface area is 203 Å². The lowest BCUT2D eigenvalue weighted by Gasteiger charge is -2.12. The Morgan fingerprint density at radius 1 is 0.886 bits per heavy atom. The van der Waals surface area contributed by atoms with Crippen LogP contribution in [0.3, 0.4) is 0 Å². The molecule has 0 bridgehead atoms. The number of amides is 2. The number of anilines is 1. The maximum Gasteiger partial charge on any atom is 0.251 e. The minimum Gasteiger partial charge on any atom is -0.382 e. The fourth-order valence-corrected chi connectivity index (χ4v) is 4.49. The number of nitrogens with one attached hydrogen (secondary N) is 3. The number of carbonyl (C=O) groups is 3. The largest absolute Gasteiger partial charge is 0.382 e. The van der Waals surface area contributed by atoms with Crippen molar-refractivity contribution in [1.29, 1.82) is 0 Å². The predicted molar refractivity (Wildman–Crippen MR) is 133 cm³/mol. The maximum atomic E-state index is 13.3. The van der Waals surface area contributed by atoms with E-state index in [9.17, 15) is 14.4 Å². The highest BCUT2D eigenvalue weighted by Gasteiger charge is 2.25. The number of imidazole rings is 1. The summed E-state index contributed by atoms with van der Waals surface area (Å²) in [4.78, 5) is 45.9. The van der Waals surface area contributed by atoms with Crippen molar-refractivity contribution in [2.75, 3.05) is 5.73 Å². The molecule has 2 saturated carbocycles. The number of nitrogens with two attached hydrogens (primary N) is 1. The SMILES string of the molecule is Cc1ccc(C(=O)NC2CC2)cc1-c1nc(N)c(C(=O)c2cccc(C(=O)NC3CCCC3)c2)[nH]1. The Bertz CT molecular complexity index is 1300. The second kappa shape index (κ2) is 9.37. The summed E-state index contributed by atoms with van der Waals surface area (Å²) in [5, 5.41) is 6.03. The van der Waals surface area contributed by atoms with Gasteiger partial charge in [-0.1, -0.05) is 31.0 Å². The Kier molecular flexibility index (Phi) is 6.11. The summed E-state index contributed by atoms with van der Waals surface area (Å²) >= 11 is 0. The molecule has 0 atom stereocenters. The summed E-state index contributed by atoms with van der Waals surface area (Å²) in [6.07, 6.45) is 6.24. The minimum atomic E-state index is -0.350. The van der Waals surface area contributed by atoms with Gasteiger partial charge in [-0.3, -0.25) is 14.4 Å². The number of H-pyrrole nitrogens is 1. The van der Waals surface area contributed by atoms with E-state index in [0.29, 0.717) is 28.1 Å². The third kappa shape index (κ3) is 4.96. The Morgan fingerprint density at radius 3 is 2.20 bits per heavy atom. The van der Waals surface area contributed by atoms with Crippen LogP contribution in [0.1, 0.15) is 80.9 Å². The molecule has 0 unspecified atom stereocenters. The molecule has 2 amide bonds. The second-order valence-corrected chi connectivity index (χ2v) is 9.49. The van der Waals surface area contributed by atoms with Gasteiger partial charge >= 0.3 is 0 Å². The first kappa shape index (κ1) is 22.8. The minimum absolute atomic E-state index is 0.0676. The van der Waals surface area contributed by atoms with Crippen molar-refractivity contribution in [3.63, 3.8) is 0 Å². The first-order chi connectivity index (χ1) is 16.9. The fourth-order valence-electron chi connectivity index (χ4n) is 4.49. The lowest BCUT2D eigenvalue weighted by atomic mass is 10.0. The first-order valence-electron chi connectivity index (χ1n) is 12.1. The van der Waals surface area contributed by atoms with Crippen molar-refractivity contribution in [2.45, 2.75) is 57.5 Å². The summed E-state index contributed by atoms with van der Waals surface area (Å²) in [6.45, 7) is 1.91. The molecule has 2 aromatic carbocycles. The molecule has 180 valence electrons. The Morgan fingerprint density at radius 2 is 1.51 bits per heavy atom. The lowest BCUT2D eigenvalue weighted by Crippen LogP contribution is -2.32. The van der Waals surface area contributed by atoms with Gasteiger partial charge in [0.1, 0.15) is 11.5 Å². The number of aromatic nitrogens is 2. The zero-order chi connectivity index (χ0) is 24.5. The monoisotopic (exact) mass is 471 g/mol. The molecule has 0 saturated heterocycles. The van der Waals surface area contributed by atoms with E-state index in [1.54, 1.807) is 36.4 Å². The summed E-state index contributed by atoms with van der Waals surface area (Å²) in [6, 6.07) is 12.5. The molecule has 2 fully saturated rings. The van der Waals surface area contributed by atoms with E-state index in [1.165, 1.54) is 0 Å². The van der Waals surface area contributed by atoms with Gasteiger partial charge in [-0.25, -0.2) is 4.98 Å². The van der Waals surface area contributed by atoms with Crippen molar-refractivity contribution in [2.24, 2.45) is 0 Å². The molecule has 0 radical (unpaired) electrons. The van der Waals surface area contributed by atoms with E-state index in [-0.39, 0.29) is 41.2 Å². The van der Waals surface area contributed by atoms with Gasteiger partial charge in [0.05, 0.1) is 0 Å². The quantitative estimate of drug-likeness (QED) is 0.390. The van der Waals surface area contributed by atoms with Gasteiger partial charge in [0, 0.05) is 34.3 Å². The number of nitrogen functional groups attached to an aromatic ring is 1. The van der Waals surface area contributed by atoms with Gasteiger partial charge in [0.2, 0.25) is 5.78 Å². The van der Waals surface area contributed by atoms with E-state index >= 15 is 0 Å². The average molecular weight is 472 g/mol. The van der Waals surface area contributed by atoms with Crippen molar-refractivity contribution >= 4 is 23.4 Å². The standard InChI is InChI=1S/C27H29N5O3/c1-15-9-10-18(27(35)30-20-11-12-20)14-21(15)25-31-22(24(28)32-25)23(33)16-5-4-6-17(13-16)26(34)29-19-7-2-3-8-19/h4-6,9-10,13-14,19-20H,2-3,7-8,11-12,28H2,1H3,(H,29,34)(H,30,35)(H,31,32). The van der Waals surface area contributed by atoms with Crippen LogP contribution in [0.2, 0.25) is 0 Å². The number of hydrogen-bond donors (Lipinski definition) is 4.